The van der Waals surface area contributed by atoms with Gasteiger partial charge in [0.25, 0.3) is 17.5 Å². The summed E-state index contributed by atoms with van der Waals surface area (Å²) in [6.07, 6.45) is -5.22. The van der Waals surface area contributed by atoms with E-state index in [1.165, 1.54) is 30.3 Å². The Bertz CT molecular complexity index is 1090. The van der Waals surface area contributed by atoms with Crippen LogP contribution in [0.15, 0.2) is 48.5 Å². The van der Waals surface area contributed by atoms with E-state index in [0.717, 1.165) is 16.7 Å². The van der Waals surface area contributed by atoms with Gasteiger partial charge in [-0.25, -0.2) is 13.9 Å². The van der Waals surface area contributed by atoms with Gasteiger partial charge in [0.05, 0.1) is 16.6 Å². The minimum absolute atomic E-state index is 0.149. The summed E-state index contributed by atoms with van der Waals surface area (Å²) in [4.78, 5) is 29.0. The lowest BCUT2D eigenvalue weighted by atomic mass is 10.1. The smallest absolute Gasteiger partial charge is 0.317 e. The van der Waals surface area contributed by atoms with Crippen molar-refractivity contribution in [3.8, 4) is 0 Å². The summed E-state index contributed by atoms with van der Waals surface area (Å²) in [5.41, 5.74) is -3.62. The van der Waals surface area contributed by atoms with Crippen molar-refractivity contribution in [1.29, 1.82) is 0 Å². The largest absolute Gasteiger partial charge is 0.440 e. The number of nitrogens with zero attached hydrogens (tertiary/aromatic N) is 2. The number of carbonyl (C=O) groups excluding carboxylic acids is 2. The van der Waals surface area contributed by atoms with Gasteiger partial charge in [0.1, 0.15) is 5.82 Å². The monoisotopic (exact) mass is 378 g/mol. The number of fused-ring (bicyclic) bond motifs is 3. The van der Waals surface area contributed by atoms with Crippen LogP contribution in [0.2, 0.25) is 0 Å². The number of alkyl halides is 3. The molecule has 1 aliphatic rings. The molecule has 0 aliphatic carbocycles. The van der Waals surface area contributed by atoms with Crippen molar-refractivity contribution in [3.05, 3.63) is 59.9 Å². The molecule has 6 nitrogen and oxygen atoms in total. The Morgan fingerprint density at radius 3 is 2.48 bits per heavy atom. The number of halogens is 4. The molecule has 1 atom stereocenters. The number of nitrogens with one attached hydrogen (secondary N) is 2. The Morgan fingerprint density at radius 1 is 1.11 bits per heavy atom. The van der Waals surface area contributed by atoms with Crippen LogP contribution in [0, 0.1) is 5.82 Å². The lowest BCUT2D eigenvalue weighted by molar-refractivity contribution is -0.169. The zero-order chi connectivity index (χ0) is 19.4. The summed E-state index contributed by atoms with van der Waals surface area (Å²) in [6.45, 7) is 0. The van der Waals surface area contributed by atoms with E-state index in [-0.39, 0.29) is 11.5 Å². The van der Waals surface area contributed by atoms with Crippen molar-refractivity contribution in [2.75, 3.05) is 5.32 Å². The molecule has 2 aromatic carbocycles. The zero-order valence-electron chi connectivity index (χ0n) is 13.3. The van der Waals surface area contributed by atoms with Gasteiger partial charge in [-0.2, -0.15) is 13.2 Å². The number of rotatable bonds is 2. The highest BCUT2D eigenvalue weighted by molar-refractivity contribution is 6.08. The summed E-state index contributed by atoms with van der Waals surface area (Å²) in [6, 6.07) is 10.6. The van der Waals surface area contributed by atoms with Gasteiger partial charge in [-0.15, -0.1) is 0 Å². The number of hydrogen-bond acceptors (Lipinski definition) is 4. The van der Waals surface area contributed by atoms with Crippen LogP contribution < -0.4 is 10.6 Å². The molecule has 4 rings (SSSR count). The molecule has 0 saturated carbocycles. The minimum atomic E-state index is -5.22. The number of para-hydroxylation sites is 2. The van der Waals surface area contributed by atoms with Crippen molar-refractivity contribution < 1.29 is 27.2 Å². The molecule has 0 bridgehead atoms. The maximum absolute atomic E-state index is 13.9. The third-order valence-corrected chi connectivity index (χ3v) is 4.23. The van der Waals surface area contributed by atoms with Crippen molar-refractivity contribution in [1.82, 2.24) is 14.9 Å². The molecule has 27 heavy (non-hydrogen) atoms. The fourth-order valence-electron chi connectivity index (χ4n) is 2.93. The summed E-state index contributed by atoms with van der Waals surface area (Å²) in [5.74, 6) is -4.25. The van der Waals surface area contributed by atoms with E-state index in [1.807, 2.05) is 5.32 Å². The van der Waals surface area contributed by atoms with Gasteiger partial charge in [-0.05, 0) is 24.3 Å². The van der Waals surface area contributed by atoms with Crippen LogP contribution in [0.5, 0.6) is 0 Å². The Labute approximate surface area is 148 Å². The van der Waals surface area contributed by atoms with Crippen molar-refractivity contribution >= 4 is 28.8 Å². The predicted molar refractivity (Wildman–Crippen MR) is 86.6 cm³/mol. The van der Waals surface area contributed by atoms with E-state index >= 15 is 0 Å². The number of benzene rings is 2. The molecule has 1 aliphatic heterocycles. The fourth-order valence-corrected chi connectivity index (χ4v) is 2.93. The Kier molecular flexibility index (Phi) is 3.48. The first-order valence-electron chi connectivity index (χ1n) is 7.69. The Morgan fingerprint density at radius 2 is 1.78 bits per heavy atom. The molecule has 0 radical (unpaired) electrons. The summed E-state index contributed by atoms with van der Waals surface area (Å²) >= 11 is 0. The number of hydrogen-bond donors (Lipinski definition) is 2. The highest BCUT2D eigenvalue weighted by Crippen LogP contribution is 2.39. The van der Waals surface area contributed by atoms with Crippen molar-refractivity contribution in [2.24, 2.45) is 0 Å². The number of anilines is 1. The van der Waals surface area contributed by atoms with Crippen molar-refractivity contribution in [3.63, 3.8) is 0 Å². The van der Waals surface area contributed by atoms with Crippen LogP contribution in [0.25, 0.3) is 11.0 Å². The molecule has 1 amide bonds. The molecule has 3 aromatic rings. The van der Waals surface area contributed by atoms with Crippen LogP contribution in [0.3, 0.4) is 0 Å². The normalized spacial score (nSPS) is 19.0. The quantitative estimate of drug-likeness (QED) is 0.673. The summed E-state index contributed by atoms with van der Waals surface area (Å²) < 4.78 is 56.1. The maximum atomic E-state index is 13.9. The average molecular weight is 378 g/mol. The summed E-state index contributed by atoms with van der Waals surface area (Å²) in [5, 5.41) is 3.58. The van der Waals surface area contributed by atoms with Gasteiger partial charge in [-0.1, -0.05) is 24.3 Å². The van der Waals surface area contributed by atoms with Gasteiger partial charge in [0.15, 0.2) is 0 Å². The summed E-state index contributed by atoms with van der Waals surface area (Å²) in [7, 11) is 0. The fraction of sp³-hybridized carbons (Fsp3) is 0.118. The van der Waals surface area contributed by atoms with Crippen LogP contribution in [0.1, 0.15) is 15.2 Å². The highest BCUT2D eigenvalue weighted by Gasteiger charge is 2.66. The number of imidazole rings is 1. The molecule has 1 aromatic heterocycles. The molecule has 0 unspecified atom stereocenters. The maximum Gasteiger partial charge on any atom is 0.440 e. The van der Waals surface area contributed by atoms with Gasteiger partial charge in [0, 0.05) is 0 Å². The van der Waals surface area contributed by atoms with E-state index in [1.54, 1.807) is 11.4 Å². The zero-order valence-corrected chi connectivity index (χ0v) is 13.3. The third kappa shape index (κ3) is 2.36. The number of aromatic nitrogens is 2. The molecule has 2 N–H and O–H groups in total. The Balaban J connectivity index is 1.80. The van der Waals surface area contributed by atoms with Gasteiger partial charge in [-0.3, -0.25) is 9.59 Å². The van der Waals surface area contributed by atoms with Crippen LogP contribution in [-0.2, 0) is 0 Å². The van der Waals surface area contributed by atoms with Crippen LogP contribution >= 0.6 is 0 Å². The molecule has 0 fully saturated rings. The highest BCUT2D eigenvalue weighted by atomic mass is 19.4. The molecule has 138 valence electrons. The molecule has 2 heterocycles. The molecule has 0 spiro atoms. The van der Waals surface area contributed by atoms with E-state index in [2.05, 4.69) is 4.98 Å². The van der Waals surface area contributed by atoms with Gasteiger partial charge in [0.2, 0.25) is 5.95 Å². The Hall–Kier alpha value is -3.43. The second-order valence-corrected chi connectivity index (χ2v) is 5.87. The van der Waals surface area contributed by atoms with E-state index < -0.39 is 35.0 Å². The van der Waals surface area contributed by atoms with Crippen molar-refractivity contribution in [2.45, 2.75) is 11.8 Å². The van der Waals surface area contributed by atoms with E-state index in [0.29, 0.717) is 5.52 Å². The first kappa shape index (κ1) is 17.0. The first-order valence-corrected chi connectivity index (χ1v) is 7.69. The van der Waals surface area contributed by atoms with Gasteiger partial charge >= 0.3 is 6.18 Å². The second-order valence-electron chi connectivity index (χ2n) is 5.87. The predicted octanol–water partition coefficient (Wildman–Crippen LogP) is 2.93. The number of carbonyl (C=O) groups is 2. The van der Waals surface area contributed by atoms with Crippen LogP contribution in [0.4, 0.5) is 23.5 Å². The lowest BCUT2D eigenvalue weighted by Crippen LogP contribution is -2.67. The SMILES string of the molecule is O=C(N[C@@]1(C(F)(F)F)Nc2nc3ccccc3n2C1=O)c1ccccc1F. The van der Waals surface area contributed by atoms with Gasteiger partial charge < -0.3 is 10.6 Å². The second kappa shape index (κ2) is 5.53. The average Bonchev–Trinajstić information content (AvgIpc) is 3.10. The van der Waals surface area contributed by atoms with Crippen LogP contribution in [-0.4, -0.2) is 33.2 Å². The topological polar surface area (TPSA) is 76.0 Å². The van der Waals surface area contributed by atoms with E-state index in [9.17, 15) is 27.2 Å². The molecular formula is C17H10F4N4O2. The molecular weight excluding hydrogens is 368 g/mol. The lowest BCUT2D eigenvalue weighted by Gasteiger charge is -2.30. The third-order valence-electron chi connectivity index (χ3n) is 4.23. The standard InChI is InChI=1S/C17H10F4N4O2/c18-10-6-2-1-5-9(10)13(26)23-16(17(19,20)21)14(27)25-12-8-4-3-7-11(12)22-15(25)24-16/h1-8H,(H,22,24)(H,23,26)/t16-/m1/s1. The molecule has 10 heteroatoms. The minimum Gasteiger partial charge on any atom is -0.317 e. The molecule has 0 saturated heterocycles. The number of amides is 1. The van der Waals surface area contributed by atoms with E-state index in [4.69, 9.17) is 0 Å². The first-order chi connectivity index (χ1) is 12.7.